The van der Waals surface area contributed by atoms with Crippen molar-refractivity contribution < 1.29 is 9.18 Å². The third kappa shape index (κ3) is 1.46. The van der Waals surface area contributed by atoms with Gasteiger partial charge in [0.2, 0.25) is 0 Å². The molecule has 0 bridgehead atoms. The van der Waals surface area contributed by atoms with Crippen LogP contribution in [0.25, 0.3) is 0 Å². The van der Waals surface area contributed by atoms with Crippen LogP contribution in [0.1, 0.15) is 24.3 Å². The lowest BCUT2D eigenvalue weighted by Crippen LogP contribution is -2.23. The highest BCUT2D eigenvalue weighted by molar-refractivity contribution is 6.30. The predicted molar refractivity (Wildman–Crippen MR) is 48.4 cm³/mol. The summed E-state index contributed by atoms with van der Waals surface area (Å²) in [5.74, 6) is -0.252. The van der Waals surface area contributed by atoms with Crippen molar-refractivity contribution in [2.24, 2.45) is 0 Å². The summed E-state index contributed by atoms with van der Waals surface area (Å²) < 4.78 is 12.8. The van der Waals surface area contributed by atoms with Crippen molar-refractivity contribution in [3.63, 3.8) is 0 Å². The molecule has 0 amide bonds. The van der Waals surface area contributed by atoms with Crippen LogP contribution in [0, 0.1) is 5.82 Å². The normalized spacial score (nSPS) is 21.4. The van der Waals surface area contributed by atoms with E-state index in [2.05, 4.69) is 0 Å². The van der Waals surface area contributed by atoms with E-state index < -0.39 is 5.82 Å². The van der Waals surface area contributed by atoms with Gasteiger partial charge in [-0.15, -0.1) is 0 Å². The number of Topliss-reactive ketones (excluding diaryl/α,β-unsaturated/α-hetero) is 1. The third-order valence-corrected chi connectivity index (χ3v) is 2.70. The van der Waals surface area contributed by atoms with Crippen LogP contribution in [0.3, 0.4) is 0 Å². The average molecular weight is 199 g/mol. The minimum Gasteiger partial charge on any atom is -0.299 e. The first-order chi connectivity index (χ1) is 6.18. The van der Waals surface area contributed by atoms with Gasteiger partial charge in [-0.1, -0.05) is 17.7 Å². The molecule has 1 unspecified atom stereocenters. The molecule has 1 nitrogen and oxygen atoms in total. The second kappa shape index (κ2) is 3.11. The number of benzene rings is 1. The van der Waals surface area contributed by atoms with Gasteiger partial charge in [0.25, 0.3) is 0 Å². The van der Waals surface area contributed by atoms with Gasteiger partial charge in [0.15, 0.2) is 0 Å². The average Bonchev–Trinajstić information content (AvgIpc) is 2.09. The predicted octanol–water partition coefficient (Wildman–Crippen LogP) is 2.93. The molecule has 1 aliphatic rings. The minimum absolute atomic E-state index is 0.0434. The number of hydrogen-bond donors (Lipinski definition) is 0. The maximum atomic E-state index is 12.8. The first-order valence-corrected chi connectivity index (χ1v) is 4.54. The Balaban J connectivity index is 2.31. The smallest absolute Gasteiger partial charge is 0.141 e. The summed E-state index contributed by atoms with van der Waals surface area (Å²) in [6, 6.07) is 4.48. The summed E-state index contributed by atoms with van der Waals surface area (Å²) in [5.41, 5.74) is 0.836. The van der Waals surface area contributed by atoms with Crippen LogP contribution in [0.4, 0.5) is 4.39 Å². The molecule has 0 heterocycles. The van der Waals surface area contributed by atoms with Crippen LogP contribution in [-0.2, 0) is 4.79 Å². The summed E-state index contributed by atoms with van der Waals surface area (Å²) >= 11 is 5.60. The third-order valence-electron chi connectivity index (χ3n) is 2.41. The SMILES string of the molecule is O=C1CCC1c1ccc(F)c(Cl)c1. The van der Waals surface area contributed by atoms with E-state index in [0.29, 0.717) is 6.42 Å². The molecular formula is C10H8ClFO. The van der Waals surface area contributed by atoms with Crippen molar-refractivity contribution in [1.29, 1.82) is 0 Å². The topological polar surface area (TPSA) is 17.1 Å². The summed E-state index contributed by atoms with van der Waals surface area (Å²) in [5, 5.41) is 0.0946. The Morgan fingerprint density at radius 2 is 2.23 bits per heavy atom. The summed E-state index contributed by atoms with van der Waals surface area (Å²) in [6.07, 6.45) is 1.50. The summed E-state index contributed by atoms with van der Waals surface area (Å²) in [7, 11) is 0. The van der Waals surface area contributed by atoms with E-state index in [0.717, 1.165) is 12.0 Å². The summed E-state index contributed by atoms with van der Waals surface area (Å²) in [4.78, 5) is 11.1. The van der Waals surface area contributed by atoms with Crippen LogP contribution >= 0.6 is 11.6 Å². The highest BCUT2D eigenvalue weighted by Crippen LogP contribution is 2.34. The monoisotopic (exact) mass is 198 g/mol. The van der Waals surface area contributed by atoms with E-state index >= 15 is 0 Å². The molecule has 0 spiro atoms. The van der Waals surface area contributed by atoms with Crippen molar-refractivity contribution in [2.75, 3.05) is 0 Å². The molecule has 0 radical (unpaired) electrons. The van der Waals surface area contributed by atoms with Gasteiger partial charge in [-0.3, -0.25) is 4.79 Å². The molecule has 2 rings (SSSR count). The van der Waals surface area contributed by atoms with Crippen molar-refractivity contribution in [3.8, 4) is 0 Å². The van der Waals surface area contributed by atoms with Gasteiger partial charge in [-0.05, 0) is 24.1 Å². The molecule has 0 saturated heterocycles. The quantitative estimate of drug-likeness (QED) is 0.678. The van der Waals surface area contributed by atoms with E-state index in [1.807, 2.05) is 0 Å². The Morgan fingerprint density at radius 3 is 2.69 bits per heavy atom. The fourth-order valence-electron chi connectivity index (χ4n) is 1.49. The van der Waals surface area contributed by atoms with Crippen molar-refractivity contribution in [3.05, 3.63) is 34.6 Å². The molecule has 0 N–H and O–H groups in total. The van der Waals surface area contributed by atoms with Crippen molar-refractivity contribution >= 4 is 17.4 Å². The van der Waals surface area contributed by atoms with Crippen LogP contribution in [0.2, 0.25) is 5.02 Å². The van der Waals surface area contributed by atoms with Crippen molar-refractivity contribution in [1.82, 2.24) is 0 Å². The van der Waals surface area contributed by atoms with E-state index in [4.69, 9.17) is 11.6 Å². The molecule has 1 aromatic rings. The Bertz CT molecular complexity index is 362. The number of carbonyl (C=O) groups is 1. The maximum Gasteiger partial charge on any atom is 0.141 e. The van der Waals surface area contributed by atoms with Gasteiger partial charge in [0, 0.05) is 12.3 Å². The largest absolute Gasteiger partial charge is 0.299 e. The molecule has 68 valence electrons. The molecular weight excluding hydrogens is 191 g/mol. The number of rotatable bonds is 1. The molecule has 0 aromatic heterocycles. The Labute approximate surface area is 80.5 Å². The summed E-state index contributed by atoms with van der Waals surface area (Å²) in [6.45, 7) is 0. The Hall–Kier alpha value is -0.890. The van der Waals surface area contributed by atoms with E-state index in [1.165, 1.54) is 6.07 Å². The minimum atomic E-state index is -0.433. The van der Waals surface area contributed by atoms with Crippen LogP contribution in [0.15, 0.2) is 18.2 Å². The second-order valence-electron chi connectivity index (χ2n) is 3.23. The van der Waals surface area contributed by atoms with E-state index in [-0.39, 0.29) is 16.7 Å². The molecule has 1 aliphatic carbocycles. The van der Waals surface area contributed by atoms with Gasteiger partial charge in [0.1, 0.15) is 11.6 Å². The number of halogens is 2. The molecule has 1 fully saturated rings. The molecule has 1 saturated carbocycles. The second-order valence-corrected chi connectivity index (χ2v) is 3.64. The van der Waals surface area contributed by atoms with Crippen molar-refractivity contribution in [2.45, 2.75) is 18.8 Å². The number of carbonyl (C=O) groups excluding carboxylic acids is 1. The van der Waals surface area contributed by atoms with Crippen LogP contribution in [0.5, 0.6) is 0 Å². The highest BCUT2D eigenvalue weighted by Gasteiger charge is 2.29. The van der Waals surface area contributed by atoms with Crippen LogP contribution in [-0.4, -0.2) is 5.78 Å². The Kier molecular flexibility index (Phi) is 2.08. The lowest BCUT2D eigenvalue weighted by atomic mass is 9.79. The number of ketones is 1. The first kappa shape index (κ1) is 8.70. The zero-order chi connectivity index (χ0) is 9.42. The highest BCUT2D eigenvalue weighted by atomic mass is 35.5. The standard InChI is InChI=1S/C10H8ClFO/c11-8-5-6(1-3-9(8)12)7-2-4-10(7)13/h1,3,5,7H,2,4H2. The van der Waals surface area contributed by atoms with Gasteiger partial charge < -0.3 is 0 Å². The zero-order valence-electron chi connectivity index (χ0n) is 6.89. The first-order valence-electron chi connectivity index (χ1n) is 4.16. The molecule has 0 aliphatic heterocycles. The maximum absolute atomic E-state index is 12.8. The molecule has 3 heteroatoms. The van der Waals surface area contributed by atoms with Gasteiger partial charge in [-0.2, -0.15) is 0 Å². The molecule has 1 aromatic carbocycles. The van der Waals surface area contributed by atoms with E-state index in [9.17, 15) is 9.18 Å². The molecule has 13 heavy (non-hydrogen) atoms. The lowest BCUT2D eigenvalue weighted by Gasteiger charge is -2.24. The fraction of sp³-hybridized carbons (Fsp3) is 0.300. The number of hydrogen-bond acceptors (Lipinski definition) is 1. The lowest BCUT2D eigenvalue weighted by molar-refractivity contribution is -0.125. The van der Waals surface area contributed by atoms with Crippen LogP contribution < -0.4 is 0 Å². The van der Waals surface area contributed by atoms with Gasteiger partial charge in [0.05, 0.1) is 5.02 Å². The van der Waals surface area contributed by atoms with E-state index in [1.54, 1.807) is 12.1 Å². The fourth-order valence-corrected chi connectivity index (χ4v) is 1.68. The van der Waals surface area contributed by atoms with Gasteiger partial charge in [-0.25, -0.2) is 4.39 Å². The zero-order valence-corrected chi connectivity index (χ0v) is 7.64. The Morgan fingerprint density at radius 1 is 1.46 bits per heavy atom. The van der Waals surface area contributed by atoms with Gasteiger partial charge >= 0.3 is 0 Å². The molecule has 1 atom stereocenters.